The first kappa shape index (κ1) is 19.7. The standard InChI is InChI=1S/C21H30N2O4/c1-22(2)19(24)14-17-8-13-27-21(15-17)9-11-23(12-10-21)20(25)16-26-18-6-4-3-5-7-18/h3-7,17H,8-16H2,1-2H3. The number of para-hydroxylation sites is 1. The third-order valence-electron chi connectivity index (χ3n) is 5.69. The van der Waals surface area contributed by atoms with Crippen molar-refractivity contribution in [2.45, 2.75) is 37.7 Å². The first-order valence-electron chi connectivity index (χ1n) is 9.77. The van der Waals surface area contributed by atoms with Crippen molar-refractivity contribution in [2.24, 2.45) is 5.92 Å². The molecule has 0 aliphatic carbocycles. The van der Waals surface area contributed by atoms with Crippen molar-refractivity contribution in [1.29, 1.82) is 0 Å². The summed E-state index contributed by atoms with van der Waals surface area (Å²) in [5.41, 5.74) is -0.174. The molecule has 0 bridgehead atoms. The number of nitrogens with zero attached hydrogens (tertiary/aromatic N) is 2. The predicted molar refractivity (Wildman–Crippen MR) is 102 cm³/mol. The third-order valence-corrected chi connectivity index (χ3v) is 5.69. The number of likely N-dealkylation sites (tertiary alicyclic amines) is 1. The molecule has 0 N–H and O–H groups in total. The number of rotatable bonds is 5. The average Bonchev–Trinajstić information content (AvgIpc) is 2.67. The summed E-state index contributed by atoms with van der Waals surface area (Å²) < 4.78 is 11.7. The van der Waals surface area contributed by atoms with E-state index in [9.17, 15) is 9.59 Å². The quantitative estimate of drug-likeness (QED) is 0.794. The maximum atomic E-state index is 12.4. The van der Waals surface area contributed by atoms with Crippen molar-refractivity contribution in [3.63, 3.8) is 0 Å². The van der Waals surface area contributed by atoms with Crippen LogP contribution in [0.1, 0.15) is 32.1 Å². The molecule has 1 spiro atoms. The molecule has 0 radical (unpaired) electrons. The number of amides is 2. The lowest BCUT2D eigenvalue weighted by atomic mass is 9.78. The predicted octanol–water partition coefficient (Wildman–Crippen LogP) is 2.33. The number of ether oxygens (including phenoxy) is 2. The molecule has 0 saturated carbocycles. The zero-order valence-electron chi connectivity index (χ0n) is 16.4. The van der Waals surface area contributed by atoms with Gasteiger partial charge in [-0.1, -0.05) is 18.2 Å². The van der Waals surface area contributed by atoms with Crippen LogP contribution in [0.25, 0.3) is 0 Å². The molecule has 2 saturated heterocycles. The van der Waals surface area contributed by atoms with Gasteiger partial charge in [-0.05, 0) is 43.7 Å². The molecule has 3 rings (SSSR count). The van der Waals surface area contributed by atoms with Gasteiger partial charge in [0.2, 0.25) is 5.91 Å². The van der Waals surface area contributed by atoms with Crippen LogP contribution in [0.2, 0.25) is 0 Å². The van der Waals surface area contributed by atoms with Crippen LogP contribution in [0, 0.1) is 5.92 Å². The minimum Gasteiger partial charge on any atom is -0.484 e. The molecule has 2 heterocycles. The summed E-state index contributed by atoms with van der Waals surface area (Å²) in [5, 5.41) is 0. The van der Waals surface area contributed by atoms with Gasteiger partial charge in [0.25, 0.3) is 5.91 Å². The van der Waals surface area contributed by atoms with E-state index >= 15 is 0 Å². The first-order chi connectivity index (χ1) is 13.0. The SMILES string of the molecule is CN(C)C(=O)CC1CCOC2(CCN(C(=O)COc3ccccc3)CC2)C1. The van der Waals surface area contributed by atoms with Gasteiger partial charge >= 0.3 is 0 Å². The molecule has 6 nitrogen and oxygen atoms in total. The molecule has 27 heavy (non-hydrogen) atoms. The Hall–Kier alpha value is -2.08. The van der Waals surface area contributed by atoms with E-state index in [0.717, 1.165) is 25.7 Å². The number of piperidine rings is 1. The normalized spacial score (nSPS) is 21.7. The summed E-state index contributed by atoms with van der Waals surface area (Å²) in [7, 11) is 3.61. The lowest BCUT2D eigenvalue weighted by Gasteiger charge is -2.46. The Morgan fingerprint density at radius 2 is 1.93 bits per heavy atom. The van der Waals surface area contributed by atoms with Gasteiger partial charge in [-0.3, -0.25) is 9.59 Å². The average molecular weight is 374 g/mol. The van der Waals surface area contributed by atoms with Gasteiger partial charge in [-0.2, -0.15) is 0 Å². The van der Waals surface area contributed by atoms with Crippen LogP contribution in [-0.2, 0) is 14.3 Å². The van der Waals surface area contributed by atoms with Crippen molar-refractivity contribution in [3.8, 4) is 5.75 Å². The number of carbonyl (C=O) groups excluding carboxylic acids is 2. The summed E-state index contributed by atoms with van der Waals surface area (Å²) in [6.45, 7) is 2.14. The zero-order chi connectivity index (χ0) is 19.3. The second kappa shape index (κ2) is 8.74. The summed E-state index contributed by atoms with van der Waals surface area (Å²) >= 11 is 0. The topological polar surface area (TPSA) is 59.1 Å². The van der Waals surface area contributed by atoms with Crippen LogP contribution in [0.3, 0.4) is 0 Å². The fraction of sp³-hybridized carbons (Fsp3) is 0.619. The van der Waals surface area contributed by atoms with Crippen LogP contribution >= 0.6 is 0 Å². The van der Waals surface area contributed by atoms with Gasteiger partial charge in [0.1, 0.15) is 5.75 Å². The highest BCUT2D eigenvalue weighted by Crippen LogP contribution is 2.39. The minimum atomic E-state index is -0.174. The van der Waals surface area contributed by atoms with E-state index in [4.69, 9.17) is 9.47 Å². The summed E-state index contributed by atoms with van der Waals surface area (Å²) in [6, 6.07) is 9.40. The Balaban J connectivity index is 1.47. The Bertz CT molecular complexity index is 639. The van der Waals surface area contributed by atoms with Crippen molar-refractivity contribution in [1.82, 2.24) is 9.80 Å². The van der Waals surface area contributed by atoms with Crippen molar-refractivity contribution in [2.75, 3.05) is 40.4 Å². The Labute approximate surface area is 161 Å². The number of hydrogen-bond acceptors (Lipinski definition) is 4. The van der Waals surface area contributed by atoms with Gasteiger partial charge in [0.15, 0.2) is 6.61 Å². The summed E-state index contributed by atoms with van der Waals surface area (Å²) in [6.07, 6.45) is 4.10. The van der Waals surface area contributed by atoms with E-state index in [1.807, 2.05) is 35.2 Å². The van der Waals surface area contributed by atoms with Crippen LogP contribution < -0.4 is 4.74 Å². The van der Waals surface area contributed by atoms with E-state index in [1.54, 1.807) is 19.0 Å². The zero-order valence-corrected chi connectivity index (χ0v) is 16.4. The van der Waals surface area contributed by atoms with E-state index in [2.05, 4.69) is 0 Å². The highest BCUT2D eigenvalue weighted by molar-refractivity contribution is 5.78. The van der Waals surface area contributed by atoms with E-state index in [-0.39, 0.29) is 24.0 Å². The fourth-order valence-corrected chi connectivity index (χ4v) is 4.00. The molecule has 2 aliphatic rings. The van der Waals surface area contributed by atoms with Crippen molar-refractivity contribution in [3.05, 3.63) is 30.3 Å². The maximum absolute atomic E-state index is 12.4. The van der Waals surface area contributed by atoms with Crippen molar-refractivity contribution < 1.29 is 19.1 Å². The second-order valence-electron chi connectivity index (χ2n) is 7.87. The third kappa shape index (κ3) is 5.22. The molecule has 2 fully saturated rings. The molecule has 148 valence electrons. The monoisotopic (exact) mass is 374 g/mol. The molecule has 1 unspecified atom stereocenters. The van der Waals surface area contributed by atoms with E-state index in [0.29, 0.717) is 37.8 Å². The maximum Gasteiger partial charge on any atom is 0.260 e. The number of carbonyl (C=O) groups is 2. The Kier molecular flexibility index (Phi) is 6.37. The molecule has 6 heteroatoms. The van der Waals surface area contributed by atoms with Gasteiger partial charge < -0.3 is 19.3 Å². The molecule has 2 aliphatic heterocycles. The van der Waals surface area contributed by atoms with Crippen LogP contribution in [0.4, 0.5) is 0 Å². The lowest BCUT2D eigenvalue weighted by molar-refractivity contribution is -0.150. The molecule has 2 amide bonds. The molecule has 0 aromatic heterocycles. The van der Waals surface area contributed by atoms with Crippen LogP contribution in [0.5, 0.6) is 5.75 Å². The molecule has 1 atom stereocenters. The smallest absolute Gasteiger partial charge is 0.260 e. The molecular formula is C21H30N2O4. The van der Waals surface area contributed by atoms with Crippen LogP contribution in [0.15, 0.2) is 30.3 Å². The fourth-order valence-electron chi connectivity index (χ4n) is 4.00. The summed E-state index contributed by atoms with van der Waals surface area (Å²) in [4.78, 5) is 28.0. The Morgan fingerprint density at radius 3 is 2.59 bits per heavy atom. The van der Waals surface area contributed by atoms with E-state index < -0.39 is 0 Å². The first-order valence-corrected chi connectivity index (χ1v) is 9.77. The molecule has 1 aromatic carbocycles. The molecule has 1 aromatic rings. The number of hydrogen-bond donors (Lipinski definition) is 0. The van der Waals surface area contributed by atoms with Gasteiger partial charge in [-0.15, -0.1) is 0 Å². The number of benzene rings is 1. The largest absolute Gasteiger partial charge is 0.484 e. The highest BCUT2D eigenvalue weighted by atomic mass is 16.5. The Morgan fingerprint density at radius 1 is 1.22 bits per heavy atom. The van der Waals surface area contributed by atoms with Gasteiger partial charge in [0, 0.05) is 40.2 Å². The van der Waals surface area contributed by atoms with Crippen LogP contribution in [-0.4, -0.2) is 67.6 Å². The second-order valence-corrected chi connectivity index (χ2v) is 7.87. The minimum absolute atomic E-state index is 0.0175. The van der Waals surface area contributed by atoms with Gasteiger partial charge in [-0.25, -0.2) is 0 Å². The van der Waals surface area contributed by atoms with E-state index in [1.165, 1.54) is 0 Å². The highest BCUT2D eigenvalue weighted by Gasteiger charge is 2.41. The lowest BCUT2D eigenvalue weighted by Crippen LogP contribution is -2.51. The molecular weight excluding hydrogens is 344 g/mol. The van der Waals surface area contributed by atoms with Crippen molar-refractivity contribution >= 4 is 11.8 Å². The summed E-state index contributed by atoms with van der Waals surface area (Å²) in [5.74, 6) is 1.28. The van der Waals surface area contributed by atoms with Gasteiger partial charge in [0.05, 0.1) is 5.60 Å².